The van der Waals surface area contributed by atoms with Gasteiger partial charge < -0.3 is 5.11 Å². The van der Waals surface area contributed by atoms with E-state index in [1.54, 1.807) is 12.1 Å². The first kappa shape index (κ1) is 17.0. The summed E-state index contributed by atoms with van der Waals surface area (Å²) in [6.07, 6.45) is 2.46. The van der Waals surface area contributed by atoms with Gasteiger partial charge in [-0.1, -0.05) is 17.9 Å². The zero-order valence-electron chi connectivity index (χ0n) is 12.3. The lowest BCUT2D eigenvalue weighted by Gasteiger charge is -2.24. The van der Waals surface area contributed by atoms with Crippen LogP contribution in [-0.4, -0.2) is 41.7 Å². The van der Waals surface area contributed by atoms with E-state index in [0.29, 0.717) is 18.0 Å². The van der Waals surface area contributed by atoms with Gasteiger partial charge in [0, 0.05) is 24.8 Å². The van der Waals surface area contributed by atoms with Crippen molar-refractivity contribution in [2.45, 2.75) is 25.9 Å². The Morgan fingerprint density at radius 3 is 2.85 bits per heavy atom. The van der Waals surface area contributed by atoms with Gasteiger partial charge in [-0.15, -0.1) is 0 Å². The number of nitrogens with zero attached hydrogens (tertiary/aromatic N) is 1. The summed E-state index contributed by atoms with van der Waals surface area (Å²) in [5.41, 5.74) is 1.46. The van der Waals surface area contributed by atoms with Crippen LogP contribution in [-0.2, 0) is 6.54 Å². The Bertz CT molecular complexity index is 481. The molecule has 0 fully saturated rings. The Hall–Kier alpha value is -1.02. The van der Waals surface area contributed by atoms with Crippen LogP contribution in [0.1, 0.15) is 24.5 Å². The molecule has 0 aliphatic rings. The fourth-order valence-corrected chi connectivity index (χ4v) is 2.53. The van der Waals surface area contributed by atoms with E-state index >= 15 is 0 Å². The number of rotatable bonds is 6. The SMILES string of the molecule is CSCC(C)N(C)Cc1ccc(F)c(C#CCCO)c1. The topological polar surface area (TPSA) is 23.5 Å². The Morgan fingerprint density at radius 2 is 2.20 bits per heavy atom. The molecule has 2 nitrogen and oxygen atoms in total. The van der Waals surface area contributed by atoms with Crippen molar-refractivity contribution in [3.8, 4) is 11.8 Å². The van der Waals surface area contributed by atoms with Crippen LogP contribution in [0.25, 0.3) is 0 Å². The standard InChI is InChI=1S/C16H22FNOS/c1-13(12-20-3)18(2)11-14-7-8-16(17)15(10-14)6-4-5-9-19/h7-8,10,13,19H,5,9,11-12H2,1-3H3. The van der Waals surface area contributed by atoms with Crippen LogP contribution < -0.4 is 0 Å². The predicted octanol–water partition coefficient (Wildman–Crippen LogP) is 2.74. The molecule has 0 saturated carbocycles. The minimum Gasteiger partial charge on any atom is -0.395 e. The van der Waals surface area contributed by atoms with Crippen molar-refractivity contribution in [3.05, 3.63) is 35.1 Å². The van der Waals surface area contributed by atoms with Crippen LogP contribution in [0.15, 0.2) is 18.2 Å². The molecule has 0 bridgehead atoms. The second-order valence-corrected chi connectivity index (χ2v) is 5.72. The van der Waals surface area contributed by atoms with Crippen LogP contribution >= 0.6 is 11.8 Å². The van der Waals surface area contributed by atoms with E-state index in [0.717, 1.165) is 17.9 Å². The van der Waals surface area contributed by atoms with Gasteiger partial charge in [0.25, 0.3) is 0 Å². The summed E-state index contributed by atoms with van der Waals surface area (Å²) in [5, 5.41) is 8.69. The van der Waals surface area contributed by atoms with Crippen molar-refractivity contribution in [3.63, 3.8) is 0 Å². The first-order chi connectivity index (χ1) is 9.58. The van der Waals surface area contributed by atoms with Crippen molar-refractivity contribution >= 4 is 11.8 Å². The molecule has 110 valence electrons. The van der Waals surface area contributed by atoms with Gasteiger partial charge in [-0.3, -0.25) is 4.90 Å². The monoisotopic (exact) mass is 295 g/mol. The van der Waals surface area contributed by atoms with E-state index in [2.05, 4.69) is 37.0 Å². The fourth-order valence-electron chi connectivity index (χ4n) is 1.79. The van der Waals surface area contributed by atoms with E-state index in [4.69, 9.17) is 5.11 Å². The predicted molar refractivity (Wildman–Crippen MR) is 84.3 cm³/mol. The van der Waals surface area contributed by atoms with Gasteiger partial charge in [-0.25, -0.2) is 4.39 Å². The number of aliphatic hydroxyl groups is 1. The maximum atomic E-state index is 13.6. The fraction of sp³-hybridized carbons (Fsp3) is 0.500. The molecule has 20 heavy (non-hydrogen) atoms. The summed E-state index contributed by atoms with van der Waals surface area (Å²) in [6.45, 7) is 2.96. The quantitative estimate of drug-likeness (QED) is 0.816. The normalized spacial score (nSPS) is 12.1. The molecule has 1 atom stereocenters. The summed E-state index contributed by atoms with van der Waals surface area (Å²) in [7, 11) is 2.07. The van der Waals surface area contributed by atoms with Gasteiger partial charge in [0.1, 0.15) is 5.82 Å². The third kappa shape index (κ3) is 5.54. The molecule has 0 amide bonds. The molecule has 0 aromatic heterocycles. The van der Waals surface area contributed by atoms with Crippen LogP contribution in [0.4, 0.5) is 4.39 Å². The third-order valence-electron chi connectivity index (χ3n) is 3.08. The molecule has 0 radical (unpaired) electrons. The Labute approximate surface area is 125 Å². The average Bonchev–Trinajstić information content (AvgIpc) is 2.42. The molecule has 1 rings (SSSR count). The van der Waals surface area contributed by atoms with Gasteiger partial charge in [-0.05, 0) is 37.9 Å². The number of benzene rings is 1. The molecule has 0 spiro atoms. The summed E-state index contributed by atoms with van der Waals surface area (Å²) >= 11 is 1.82. The van der Waals surface area contributed by atoms with Crippen molar-refractivity contribution in [1.82, 2.24) is 4.90 Å². The van der Waals surface area contributed by atoms with Gasteiger partial charge in [0.2, 0.25) is 0 Å². The van der Waals surface area contributed by atoms with E-state index in [1.165, 1.54) is 6.07 Å². The van der Waals surface area contributed by atoms with Gasteiger partial charge in [0.05, 0.1) is 12.2 Å². The van der Waals surface area contributed by atoms with E-state index in [1.807, 2.05) is 11.8 Å². The zero-order chi connectivity index (χ0) is 15.0. The Kier molecular flexibility index (Phi) is 7.68. The minimum atomic E-state index is -0.306. The second kappa shape index (κ2) is 9.02. The zero-order valence-corrected chi connectivity index (χ0v) is 13.1. The summed E-state index contributed by atoms with van der Waals surface area (Å²) in [5.74, 6) is 6.30. The lowest BCUT2D eigenvalue weighted by Crippen LogP contribution is -2.30. The molecule has 1 N–H and O–H groups in total. The molecule has 1 aromatic carbocycles. The van der Waals surface area contributed by atoms with E-state index in [-0.39, 0.29) is 12.4 Å². The highest BCUT2D eigenvalue weighted by atomic mass is 32.2. The molecular weight excluding hydrogens is 273 g/mol. The first-order valence-corrected chi connectivity index (χ1v) is 8.05. The van der Waals surface area contributed by atoms with E-state index < -0.39 is 0 Å². The Balaban J connectivity index is 2.77. The molecule has 1 aromatic rings. The van der Waals surface area contributed by atoms with Crippen molar-refractivity contribution in [2.75, 3.05) is 25.7 Å². The number of halogens is 1. The Morgan fingerprint density at radius 1 is 1.45 bits per heavy atom. The summed E-state index contributed by atoms with van der Waals surface area (Å²) in [6, 6.07) is 5.53. The number of aliphatic hydroxyl groups excluding tert-OH is 1. The lowest BCUT2D eigenvalue weighted by atomic mass is 10.1. The highest BCUT2D eigenvalue weighted by Crippen LogP contribution is 2.13. The number of hydrogen-bond acceptors (Lipinski definition) is 3. The van der Waals surface area contributed by atoms with Crippen molar-refractivity contribution in [2.24, 2.45) is 0 Å². The third-order valence-corrected chi connectivity index (χ3v) is 3.90. The molecule has 4 heteroatoms. The van der Waals surface area contributed by atoms with Gasteiger partial charge >= 0.3 is 0 Å². The van der Waals surface area contributed by atoms with Crippen molar-refractivity contribution in [1.29, 1.82) is 0 Å². The largest absolute Gasteiger partial charge is 0.395 e. The molecular formula is C16H22FNOS. The molecule has 0 aliphatic carbocycles. The van der Waals surface area contributed by atoms with Crippen molar-refractivity contribution < 1.29 is 9.50 Å². The lowest BCUT2D eigenvalue weighted by molar-refractivity contribution is 0.269. The smallest absolute Gasteiger partial charge is 0.138 e. The highest BCUT2D eigenvalue weighted by Gasteiger charge is 2.10. The van der Waals surface area contributed by atoms with Crippen LogP contribution in [0, 0.1) is 17.7 Å². The van der Waals surface area contributed by atoms with E-state index in [9.17, 15) is 4.39 Å². The maximum absolute atomic E-state index is 13.6. The average molecular weight is 295 g/mol. The number of hydrogen-bond donors (Lipinski definition) is 1. The minimum absolute atomic E-state index is 0.00322. The van der Waals surface area contributed by atoms with Gasteiger partial charge in [-0.2, -0.15) is 11.8 Å². The molecule has 0 heterocycles. The second-order valence-electron chi connectivity index (χ2n) is 4.81. The summed E-state index contributed by atoms with van der Waals surface area (Å²) in [4.78, 5) is 2.24. The molecule has 1 unspecified atom stereocenters. The number of thioether (sulfide) groups is 1. The maximum Gasteiger partial charge on any atom is 0.138 e. The first-order valence-electron chi connectivity index (χ1n) is 6.65. The van der Waals surface area contributed by atoms with Crippen LogP contribution in [0.5, 0.6) is 0 Å². The van der Waals surface area contributed by atoms with Crippen LogP contribution in [0.2, 0.25) is 0 Å². The summed E-state index contributed by atoms with van der Waals surface area (Å²) < 4.78 is 13.6. The molecule has 0 saturated heterocycles. The molecule has 0 aliphatic heterocycles. The van der Waals surface area contributed by atoms with Crippen LogP contribution in [0.3, 0.4) is 0 Å². The van der Waals surface area contributed by atoms with Gasteiger partial charge in [0.15, 0.2) is 0 Å². The highest BCUT2D eigenvalue weighted by molar-refractivity contribution is 7.98.